The third-order valence-electron chi connectivity index (χ3n) is 4.12. The van der Waals surface area contributed by atoms with Crippen LogP contribution in [0.4, 0.5) is 5.69 Å². The van der Waals surface area contributed by atoms with Crippen LogP contribution in [0.3, 0.4) is 0 Å². The fourth-order valence-electron chi connectivity index (χ4n) is 2.94. The number of nitriles is 1. The van der Waals surface area contributed by atoms with Gasteiger partial charge in [0.2, 0.25) is 0 Å². The van der Waals surface area contributed by atoms with E-state index in [9.17, 15) is 10.1 Å². The van der Waals surface area contributed by atoms with Crippen molar-refractivity contribution in [3.8, 4) is 6.07 Å². The number of hydrogen-bond acceptors (Lipinski definition) is 4. The first-order chi connectivity index (χ1) is 12.5. The molecule has 1 unspecified atom stereocenters. The van der Waals surface area contributed by atoms with Gasteiger partial charge in [-0.15, -0.1) is 12.6 Å². The zero-order valence-electron chi connectivity index (χ0n) is 14.0. The number of amides is 1. The van der Waals surface area contributed by atoms with Crippen molar-refractivity contribution in [3.63, 3.8) is 0 Å². The van der Waals surface area contributed by atoms with Gasteiger partial charge < -0.3 is 10.6 Å². The molecule has 0 aliphatic carbocycles. The second kappa shape index (κ2) is 7.69. The number of dihydropyridines is 1. The molecule has 3 rings (SSSR count). The minimum atomic E-state index is -0.545. The van der Waals surface area contributed by atoms with Crippen LogP contribution in [0.15, 0.2) is 76.5 Å². The number of para-hydroxylation sites is 1. The molecule has 6 heteroatoms. The molecular weight excluding hydrogens is 366 g/mol. The SMILES string of the molecule is CC1=C(C#N)C(c2cccc(Cl)c2)C(C(=O)Nc2ccccc2)=C(S)N1. The summed E-state index contributed by atoms with van der Waals surface area (Å²) in [7, 11) is 0. The van der Waals surface area contributed by atoms with E-state index in [0.717, 1.165) is 5.56 Å². The molecule has 0 saturated carbocycles. The molecule has 130 valence electrons. The van der Waals surface area contributed by atoms with E-state index in [-0.39, 0.29) is 5.91 Å². The lowest BCUT2D eigenvalue weighted by Gasteiger charge is -2.28. The Bertz CT molecular complexity index is 961. The number of halogens is 1. The maximum Gasteiger partial charge on any atom is 0.255 e. The van der Waals surface area contributed by atoms with Crippen LogP contribution < -0.4 is 10.6 Å². The molecule has 0 fully saturated rings. The molecule has 0 aromatic heterocycles. The normalized spacial score (nSPS) is 16.8. The number of hydrogen-bond donors (Lipinski definition) is 3. The third-order valence-corrected chi connectivity index (χ3v) is 4.71. The van der Waals surface area contributed by atoms with E-state index < -0.39 is 5.92 Å². The average molecular weight is 382 g/mol. The van der Waals surface area contributed by atoms with E-state index >= 15 is 0 Å². The Morgan fingerprint density at radius 2 is 1.96 bits per heavy atom. The van der Waals surface area contributed by atoms with Gasteiger partial charge in [-0.1, -0.05) is 41.9 Å². The van der Waals surface area contributed by atoms with E-state index in [4.69, 9.17) is 11.6 Å². The van der Waals surface area contributed by atoms with Gasteiger partial charge in [-0.3, -0.25) is 4.79 Å². The predicted octanol–water partition coefficient (Wildman–Crippen LogP) is 4.60. The largest absolute Gasteiger partial charge is 0.353 e. The Morgan fingerprint density at radius 3 is 2.62 bits per heavy atom. The van der Waals surface area contributed by atoms with Crippen molar-refractivity contribution in [1.82, 2.24) is 5.32 Å². The first-order valence-electron chi connectivity index (χ1n) is 7.94. The topological polar surface area (TPSA) is 64.9 Å². The van der Waals surface area contributed by atoms with Crippen molar-refractivity contribution >= 4 is 35.8 Å². The number of thiol groups is 1. The molecule has 0 spiro atoms. The van der Waals surface area contributed by atoms with Crippen molar-refractivity contribution < 1.29 is 4.79 Å². The zero-order chi connectivity index (χ0) is 18.7. The van der Waals surface area contributed by atoms with Crippen LogP contribution in [0, 0.1) is 11.3 Å². The van der Waals surface area contributed by atoms with Crippen molar-refractivity contribution in [1.29, 1.82) is 5.26 Å². The zero-order valence-corrected chi connectivity index (χ0v) is 15.6. The number of carbonyl (C=O) groups is 1. The Hall–Kier alpha value is -2.68. The summed E-state index contributed by atoms with van der Waals surface area (Å²) in [4.78, 5) is 13.0. The second-order valence-electron chi connectivity index (χ2n) is 5.85. The van der Waals surface area contributed by atoms with Crippen LogP contribution in [0.25, 0.3) is 0 Å². The van der Waals surface area contributed by atoms with Gasteiger partial charge in [-0.05, 0) is 36.8 Å². The van der Waals surface area contributed by atoms with Gasteiger partial charge in [-0.25, -0.2) is 0 Å². The molecule has 0 radical (unpaired) electrons. The van der Waals surface area contributed by atoms with Gasteiger partial charge in [0, 0.05) is 16.4 Å². The van der Waals surface area contributed by atoms with Crippen LogP contribution in [-0.4, -0.2) is 5.91 Å². The van der Waals surface area contributed by atoms with Gasteiger partial charge in [0.05, 0.1) is 28.2 Å². The van der Waals surface area contributed by atoms with Gasteiger partial charge >= 0.3 is 0 Å². The van der Waals surface area contributed by atoms with E-state index in [1.165, 1.54) is 0 Å². The number of anilines is 1. The summed E-state index contributed by atoms with van der Waals surface area (Å²) >= 11 is 10.6. The van der Waals surface area contributed by atoms with Crippen molar-refractivity contribution in [2.24, 2.45) is 0 Å². The molecule has 1 aliphatic rings. The molecule has 1 aliphatic heterocycles. The Kier molecular flexibility index (Phi) is 5.36. The number of allylic oxidation sites excluding steroid dienone is 2. The van der Waals surface area contributed by atoms with Crippen molar-refractivity contribution in [3.05, 3.63) is 87.1 Å². The molecule has 2 aromatic carbocycles. The Balaban J connectivity index is 2.07. The molecule has 2 N–H and O–H groups in total. The van der Waals surface area contributed by atoms with Gasteiger partial charge in [-0.2, -0.15) is 5.26 Å². The summed E-state index contributed by atoms with van der Waals surface area (Å²) in [6, 6.07) is 18.5. The fourth-order valence-corrected chi connectivity index (χ4v) is 3.53. The van der Waals surface area contributed by atoms with Crippen molar-refractivity contribution in [2.45, 2.75) is 12.8 Å². The lowest BCUT2D eigenvalue weighted by molar-refractivity contribution is -0.113. The number of nitrogens with zero attached hydrogens (tertiary/aromatic N) is 1. The first kappa shape index (κ1) is 18.1. The smallest absolute Gasteiger partial charge is 0.255 e. The minimum absolute atomic E-state index is 0.320. The lowest BCUT2D eigenvalue weighted by Crippen LogP contribution is -2.30. The van der Waals surface area contributed by atoms with Crippen LogP contribution in [0.1, 0.15) is 18.4 Å². The van der Waals surface area contributed by atoms with Crippen LogP contribution >= 0.6 is 24.2 Å². The molecule has 1 atom stereocenters. The molecule has 0 saturated heterocycles. The lowest BCUT2D eigenvalue weighted by atomic mass is 9.82. The van der Waals surface area contributed by atoms with Gasteiger partial charge in [0.1, 0.15) is 0 Å². The molecule has 26 heavy (non-hydrogen) atoms. The van der Waals surface area contributed by atoms with E-state index in [0.29, 0.717) is 32.6 Å². The van der Waals surface area contributed by atoms with Crippen LogP contribution in [-0.2, 0) is 4.79 Å². The first-order valence-corrected chi connectivity index (χ1v) is 8.76. The molecule has 0 bridgehead atoms. The highest BCUT2D eigenvalue weighted by molar-refractivity contribution is 7.84. The third kappa shape index (κ3) is 3.62. The number of carbonyl (C=O) groups excluding carboxylic acids is 1. The highest BCUT2D eigenvalue weighted by atomic mass is 35.5. The van der Waals surface area contributed by atoms with Crippen molar-refractivity contribution in [2.75, 3.05) is 5.32 Å². The summed E-state index contributed by atoms with van der Waals surface area (Å²) in [5.74, 6) is -0.866. The molecular formula is C20H16ClN3OS. The van der Waals surface area contributed by atoms with E-state index in [1.54, 1.807) is 37.3 Å². The molecule has 1 amide bonds. The molecule has 2 aromatic rings. The quantitative estimate of drug-likeness (QED) is 0.680. The summed E-state index contributed by atoms with van der Waals surface area (Å²) < 4.78 is 0. The highest BCUT2D eigenvalue weighted by Crippen LogP contribution is 2.39. The number of benzene rings is 2. The number of rotatable bonds is 3. The van der Waals surface area contributed by atoms with E-state index in [2.05, 4.69) is 29.3 Å². The molecule has 4 nitrogen and oxygen atoms in total. The summed E-state index contributed by atoms with van der Waals surface area (Å²) in [6.45, 7) is 1.79. The summed E-state index contributed by atoms with van der Waals surface area (Å²) in [5.41, 5.74) is 2.93. The maximum absolute atomic E-state index is 13.0. The van der Waals surface area contributed by atoms with Gasteiger partial charge in [0.25, 0.3) is 5.91 Å². The monoisotopic (exact) mass is 381 g/mol. The summed E-state index contributed by atoms with van der Waals surface area (Å²) in [5, 5.41) is 16.5. The molecule has 1 heterocycles. The summed E-state index contributed by atoms with van der Waals surface area (Å²) in [6.07, 6.45) is 0. The average Bonchev–Trinajstić information content (AvgIpc) is 2.61. The van der Waals surface area contributed by atoms with Crippen LogP contribution in [0.5, 0.6) is 0 Å². The van der Waals surface area contributed by atoms with Gasteiger partial charge in [0.15, 0.2) is 0 Å². The number of nitrogens with one attached hydrogen (secondary N) is 2. The second-order valence-corrected chi connectivity index (χ2v) is 6.73. The predicted molar refractivity (Wildman–Crippen MR) is 107 cm³/mol. The van der Waals surface area contributed by atoms with Crippen LogP contribution in [0.2, 0.25) is 5.02 Å². The Morgan fingerprint density at radius 1 is 1.23 bits per heavy atom. The minimum Gasteiger partial charge on any atom is -0.353 e. The van der Waals surface area contributed by atoms with E-state index in [1.807, 2.05) is 24.3 Å². The Labute approximate surface area is 162 Å². The fraction of sp³-hybridized carbons (Fsp3) is 0.100. The maximum atomic E-state index is 13.0. The highest BCUT2D eigenvalue weighted by Gasteiger charge is 2.33. The standard InChI is InChI=1S/C20H16ClN3OS/c1-12-16(11-22)17(13-6-5-7-14(21)10-13)18(20(26)23-12)19(25)24-15-8-3-2-4-9-15/h2-10,17,23,26H,1H3,(H,24,25).